The summed E-state index contributed by atoms with van der Waals surface area (Å²) in [5.41, 5.74) is 2.70. The van der Waals surface area contributed by atoms with Crippen molar-refractivity contribution in [1.82, 2.24) is 14.5 Å². The molecule has 6 heteroatoms. The van der Waals surface area contributed by atoms with Crippen LogP contribution in [0.1, 0.15) is 11.1 Å². The number of nitrogens with zero attached hydrogens (tertiary/aromatic N) is 3. The zero-order valence-corrected chi connectivity index (χ0v) is 14.8. The molecule has 0 bridgehead atoms. The minimum atomic E-state index is -0.178. The fraction of sp³-hybridized carbons (Fsp3) is 0.211. The second-order valence-electron chi connectivity index (χ2n) is 5.80. The lowest BCUT2D eigenvalue weighted by molar-refractivity contribution is -0.132. The van der Waals surface area contributed by atoms with Gasteiger partial charge >= 0.3 is 0 Å². The molecule has 0 saturated carbocycles. The van der Waals surface area contributed by atoms with E-state index in [1.54, 1.807) is 17.0 Å². The van der Waals surface area contributed by atoms with E-state index in [-0.39, 0.29) is 18.0 Å². The van der Waals surface area contributed by atoms with E-state index in [0.717, 1.165) is 11.1 Å². The third-order valence-electron chi connectivity index (χ3n) is 4.07. The van der Waals surface area contributed by atoms with E-state index in [1.807, 2.05) is 36.6 Å². The molecule has 0 aliphatic rings. The van der Waals surface area contributed by atoms with Gasteiger partial charge in [0.05, 0.1) is 11.8 Å². The molecule has 3 rings (SSSR count). The first-order chi connectivity index (χ1) is 12.1. The van der Waals surface area contributed by atoms with Crippen LogP contribution < -0.4 is 5.56 Å². The lowest BCUT2D eigenvalue weighted by Crippen LogP contribution is -2.36. The van der Waals surface area contributed by atoms with Crippen molar-refractivity contribution in [2.24, 2.45) is 0 Å². The van der Waals surface area contributed by atoms with Gasteiger partial charge in [-0.2, -0.15) is 0 Å². The number of aryl methyl sites for hydroxylation is 1. The summed E-state index contributed by atoms with van der Waals surface area (Å²) in [6, 6.07) is 9.75. The topological polar surface area (TPSA) is 55.2 Å². The van der Waals surface area contributed by atoms with Crippen LogP contribution in [-0.2, 0) is 17.9 Å². The fourth-order valence-electron chi connectivity index (χ4n) is 2.64. The van der Waals surface area contributed by atoms with Crippen LogP contribution in [0.5, 0.6) is 0 Å². The van der Waals surface area contributed by atoms with Gasteiger partial charge in [-0.25, -0.2) is 4.98 Å². The maximum atomic E-state index is 12.7. The molecule has 0 fully saturated rings. The molecule has 0 atom stereocenters. The zero-order valence-electron chi connectivity index (χ0n) is 14.0. The van der Waals surface area contributed by atoms with Gasteiger partial charge in [-0.1, -0.05) is 30.3 Å². The summed E-state index contributed by atoms with van der Waals surface area (Å²) in [6.45, 7) is 6.64. The predicted molar refractivity (Wildman–Crippen MR) is 101 cm³/mol. The van der Waals surface area contributed by atoms with Crippen molar-refractivity contribution in [2.45, 2.75) is 20.0 Å². The molecular weight excluding hydrogens is 334 g/mol. The highest BCUT2D eigenvalue weighted by Crippen LogP contribution is 2.14. The number of fused-ring (bicyclic) bond motifs is 1. The highest BCUT2D eigenvalue weighted by atomic mass is 32.1. The summed E-state index contributed by atoms with van der Waals surface area (Å²) in [7, 11) is 0. The van der Waals surface area contributed by atoms with Crippen LogP contribution in [0, 0.1) is 6.92 Å². The molecule has 0 saturated heterocycles. The van der Waals surface area contributed by atoms with Crippen LogP contribution in [0.15, 0.2) is 59.5 Å². The Labute approximate surface area is 149 Å². The first-order valence-electron chi connectivity index (χ1n) is 7.96. The van der Waals surface area contributed by atoms with Gasteiger partial charge in [0.25, 0.3) is 5.56 Å². The Morgan fingerprint density at radius 1 is 1.36 bits per heavy atom. The summed E-state index contributed by atoms with van der Waals surface area (Å²) in [5.74, 6) is -0.136. The predicted octanol–water partition coefficient (Wildman–Crippen LogP) is 2.98. The largest absolute Gasteiger partial charge is 0.333 e. The lowest BCUT2D eigenvalue weighted by Gasteiger charge is -2.22. The van der Waals surface area contributed by atoms with Crippen LogP contribution in [0.2, 0.25) is 0 Å². The van der Waals surface area contributed by atoms with Gasteiger partial charge in [0.1, 0.15) is 11.2 Å². The van der Waals surface area contributed by atoms with Crippen LogP contribution in [0.4, 0.5) is 0 Å². The number of hydrogen-bond acceptors (Lipinski definition) is 4. The SMILES string of the molecule is C=CCN(Cc1ccccc1C)C(=O)Cn1cnc2ccsc2c1=O. The average molecular weight is 353 g/mol. The molecule has 0 unspecified atom stereocenters. The maximum absolute atomic E-state index is 12.7. The van der Waals surface area contributed by atoms with Crippen molar-refractivity contribution >= 4 is 27.5 Å². The van der Waals surface area contributed by atoms with Crippen LogP contribution >= 0.6 is 11.3 Å². The number of carbonyl (C=O) groups is 1. The second kappa shape index (κ2) is 7.44. The summed E-state index contributed by atoms with van der Waals surface area (Å²) < 4.78 is 1.94. The van der Waals surface area contributed by atoms with Gasteiger partial charge < -0.3 is 4.90 Å². The van der Waals surface area contributed by atoms with Crippen LogP contribution in [0.3, 0.4) is 0 Å². The minimum Gasteiger partial charge on any atom is -0.333 e. The van der Waals surface area contributed by atoms with Crippen molar-refractivity contribution in [1.29, 1.82) is 0 Å². The van der Waals surface area contributed by atoms with E-state index in [2.05, 4.69) is 11.6 Å². The van der Waals surface area contributed by atoms with E-state index in [1.165, 1.54) is 22.2 Å². The first-order valence-corrected chi connectivity index (χ1v) is 8.84. The van der Waals surface area contributed by atoms with Crippen molar-refractivity contribution < 1.29 is 4.79 Å². The molecule has 3 aromatic rings. The first kappa shape index (κ1) is 17.1. The smallest absolute Gasteiger partial charge is 0.271 e. The molecule has 5 nitrogen and oxygen atoms in total. The molecule has 128 valence electrons. The molecule has 2 aromatic heterocycles. The Bertz CT molecular complexity index is 974. The molecule has 1 amide bonds. The summed E-state index contributed by atoms with van der Waals surface area (Å²) in [5, 5.41) is 1.83. The Morgan fingerprint density at radius 2 is 2.16 bits per heavy atom. The standard InChI is InChI=1S/C19H19N3O2S/c1-3-9-21(11-15-7-5-4-6-14(15)2)17(23)12-22-13-20-16-8-10-25-18(16)19(22)24/h3-8,10,13H,1,9,11-12H2,2H3. The van der Waals surface area contributed by atoms with Crippen molar-refractivity contribution in [3.63, 3.8) is 0 Å². The number of benzene rings is 1. The molecule has 2 heterocycles. The normalized spacial score (nSPS) is 10.8. The van der Waals surface area contributed by atoms with Crippen molar-refractivity contribution in [3.05, 3.63) is 76.2 Å². The van der Waals surface area contributed by atoms with Crippen LogP contribution in [-0.4, -0.2) is 26.9 Å². The van der Waals surface area contributed by atoms with E-state index in [9.17, 15) is 9.59 Å². The average Bonchev–Trinajstić information content (AvgIpc) is 3.08. The third-order valence-corrected chi connectivity index (χ3v) is 4.96. The number of rotatable bonds is 6. The maximum Gasteiger partial charge on any atom is 0.271 e. The molecule has 0 radical (unpaired) electrons. The number of amides is 1. The Hall–Kier alpha value is -2.73. The molecule has 0 spiro atoms. The van der Waals surface area contributed by atoms with Gasteiger partial charge in [-0.15, -0.1) is 17.9 Å². The van der Waals surface area contributed by atoms with Crippen molar-refractivity contribution in [3.8, 4) is 0 Å². The van der Waals surface area contributed by atoms with Gasteiger partial charge in [-0.05, 0) is 29.5 Å². The molecule has 0 N–H and O–H groups in total. The monoisotopic (exact) mass is 353 g/mol. The quantitative estimate of drug-likeness (QED) is 0.640. The van der Waals surface area contributed by atoms with E-state index in [4.69, 9.17) is 0 Å². The van der Waals surface area contributed by atoms with Gasteiger partial charge in [0.15, 0.2) is 0 Å². The third kappa shape index (κ3) is 3.69. The van der Waals surface area contributed by atoms with Crippen LogP contribution in [0.25, 0.3) is 10.2 Å². The molecule has 25 heavy (non-hydrogen) atoms. The van der Waals surface area contributed by atoms with Crippen molar-refractivity contribution in [2.75, 3.05) is 6.54 Å². The van der Waals surface area contributed by atoms with Gasteiger partial charge in [0, 0.05) is 13.1 Å². The van der Waals surface area contributed by atoms with Gasteiger partial charge in [-0.3, -0.25) is 14.2 Å². The zero-order chi connectivity index (χ0) is 17.8. The van der Waals surface area contributed by atoms with E-state index < -0.39 is 0 Å². The number of thiophene rings is 1. The molecule has 0 aliphatic heterocycles. The molecule has 0 aliphatic carbocycles. The lowest BCUT2D eigenvalue weighted by atomic mass is 10.1. The number of aromatic nitrogens is 2. The highest BCUT2D eigenvalue weighted by Gasteiger charge is 2.16. The van der Waals surface area contributed by atoms with E-state index in [0.29, 0.717) is 23.3 Å². The number of carbonyl (C=O) groups excluding carboxylic acids is 1. The Balaban J connectivity index is 1.82. The summed E-state index contributed by atoms with van der Waals surface area (Å²) in [6.07, 6.45) is 3.13. The molecule has 1 aromatic carbocycles. The second-order valence-corrected chi connectivity index (χ2v) is 6.72. The van der Waals surface area contributed by atoms with E-state index >= 15 is 0 Å². The minimum absolute atomic E-state index is 0.0284. The Morgan fingerprint density at radius 3 is 2.92 bits per heavy atom. The highest BCUT2D eigenvalue weighted by molar-refractivity contribution is 7.17. The number of hydrogen-bond donors (Lipinski definition) is 0. The molecular formula is C19H19N3O2S. The Kier molecular flexibility index (Phi) is 5.09. The van der Waals surface area contributed by atoms with Gasteiger partial charge in [0.2, 0.25) is 5.91 Å². The fourth-order valence-corrected chi connectivity index (χ4v) is 3.43. The summed E-state index contributed by atoms with van der Waals surface area (Å²) in [4.78, 5) is 31.1. The summed E-state index contributed by atoms with van der Waals surface area (Å²) >= 11 is 1.34.